The number of aromatic hydroxyl groups is 2. The molecule has 20 heteroatoms. The second-order valence-electron chi connectivity index (χ2n) is 13.4. The Kier molecular flexibility index (Phi) is 12.1. The Labute approximate surface area is 311 Å². The first-order chi connectivity index (χ1) is 26.1. The highest BCUT2D eigenvalue weighted by molar-refractivity contribution is 5.91. The zero-order valence-electron chi connectivity index (χ0n) is 29.8. The summed E-state index contributed by atoms with van der Waals surface area (Å²) in [5, 5.41) is 106. The van der Waals surface area contributed by atoms with Gasteiger partial charge < -0.3 is 93.4 Å². The van der Waals surface area contributed by atoms with Crippen LogP contribution in [0.5, 0.6) is 28.7 Å². The third kappa shape index (κ3) is 7.66. The predicted octanol–water partition coefficient (Wildman–Crippen LogP) is -2.23. The maximum absolute atomic E-state index is 14.4. The smallest absolute Gasteiger partial charge is 0.239 e. The van der Waals surface area contributed by atoms with Crippen molar-refractivity contribution in [2.45, 2.75) is 106 Å². The summed E-state index contributed by atoms with van der Waals surface area (Å²) in [6.45, 7) is 2.13. The van der Waals surface area contributed by atoms with Gasteiger partial charge in [-0.05, 0) is 38.1 Å². The molecule has 55 heavy (non-hydrogen) atoms. The molecule has 0 saturated carbocycles. The fourth-order valence-corrected chi connectivity index (χ4v) is 6.56. The van der Waals surface area contributed by atoms with E-state index in [4.69, 9.17) is 42.3 Å². The number of aliphatic hydroxyl groups is 8. The average Bonchev–Trinajstić information content (AvgIpc) is 3.16. The molecular weight excluding hydrogens is 740 g/mol. The van der Waals surface area contributed by atoms with Crippen LogP contribution in [0.2, 0.25) is 0 Å². The number of aliphatic hydroxyl groups excluding tert-OH is 8. The molecule has 0 aliphatic carbocycles. The average molecular weight is 785 g/mol. The number of rotatable bonds is 10. The lowest BCUT2D eigenvalue weighted by Gasteiger charge is -2.46. The molecule has 0 bridgehead atoms. The van der Waals surface area contributed by atoms with Crippen molar-refractivity contribution in [2.75, 3.05) is 20.8 Å². The minimum Gasteiger partial charge on any atom is -0.508 e. The fraction of sp³-hybridized carbons (Fsp3) is 0.571. The molecule has 6 rings (SSSR count). The lowest BCUT2D eigenvalue weighted by Crippen LogP contribution is -2.65. The topological polar surface area (TPSA) is 306 Å². The second kappa shape index (κ2) is 16.3. The summed E-state index contributed by atoms with van der Waals surface area (Å²) < 4.78 is 51.3. The largest absolute Gasteiger partial charge is 0.508 e. The number of fused-ring (bicyclic) bond motifs is 1. The highest BCUT2D eigenvalue weighted by Crippen LogP contribution is 2.44. The Morgan fingerprint density at radius 2 is 1.27 bits per heavy atom. The Morgan fingerprint density at radius 1 is 0.673 bits per heavy atom. The first kappa shape index (κ1) is 40.8. The van der Waals surface area contributed by atoms with Crippen LogP contribution in [0, 0.1) is 0 Å². The van der Waals surface area contributed by atoms with E-state index in [9.17, 15) is 55.9 Å². The van der Waals surface area contributed by atoms with Crippen molar-refractivity contribution in [3.05, 3.63) is 40.6 Å². The van der Waals surface area contributed by atoms with Crippen LogP contribution in [0.25, 0.3) is 22.3 Å². The highest BCUT2D eigenvalue weighted by Gasteiger charge is 2.52. The van der Waals surface area contributed by atoms with E-state index in [1.54, 1.807) is 0 Å². The minimum absolute atomic E-state index is 0.000985. The molecule has 0 unspecified atom stereocenters. The Morgan fingerprint density at radius 3 is 1.87 bits per heavy atom. The van der Waals surface area contributed by atoms with Crippen molar-refractivity contribution in [1.82, 2.24) is 0 Å². The van der Waals surface area contributed by atoms with Gasteiger partial charge in [-0.1, -0.05) is 0 Å². The molecule has 0 amide bonds. The summed E-state index contributed by atoms with van der Waals surface area (Å²) in [4.78, 5) is 14.4. The van der Waals surface area contributed by atoms with Crippen LogP contribution < -0.4 is 19.6 Å². The van der Waals surface area contributed by atoms with Gasteiger partial charge in [0.1, 0.15) is 71.7 Å². The van der Waals surface area contributed by atoms with Crippen LogP contribution >= 0.6 is 0 Å². The van der Waals surface area contributed by atoms with Crippen LogP contribution in [0.3, 0.4) is 0 Å². The van der Waals surface area contributed by atoms with Gasteiger partial charge in [0, 0.05) is 11.6 Å². The van der Waals surface area contributed by atoms with Crippen molar-refractivity contribution in [3.63, 3.8) is 0 Å². The number of ether oxygens (including phenoxy) is 8. The summed E-state index contributed by atoms with van der Waals surface area (Å²) in [5.41, 5.74) is -1.05. The number of phenols is 2. The van der Waals surface area contributed by atoms with Crippen LogP contribution in [0.4, 0.5) is 0 Å². The highest BCUT2D eigenvalue weighted by atomic mass is 16.8. The first-order valence-electron chi connectivity index (χ1n) is 17.2. The first-order valence-corrected chi connectivity index (χ1v) is 17.2. The SMILES string of the molecule is COc1cc2oc(-c3ccc(O)cc3)c(O[C@@H]3O[C@H](CO[C@@H]4O[C@@H](C)[C@H](O)[C@@H](O)[C@H]4O)[C@H](O)[C@H](O)[C@H]3O[C@H]3O[C@@H](C)[C@H](O)[C@@H](O)[C@H]3O)c(=O)c2c(O)c1OC. The van der Waals surface area contributed by atoms with E-state index in [0.29, 0.717) is 0 Å². The standard InChI is InChI=1S/C35H44O20/c1-11-19(37)24(42)27(45)33(50-11)49-10-17-21(39)26(44)32(55-34-28(46)25(43)20(38)12(2)51-34)35(53-17)54-31-23(41)18-15(9-16(47-3)30(48-4)22(18)40)52-29(31)13-5-7-14(36)8-6-13/h5-9,11-12,17,19-21,24-28,32-40,42-46H,10H2,1-4H3/t11-,12-,17+,19-,20-,21-,24+,25+,26-,27+,28+,32+,33+,34+,35-/m0/s1. The molecule has 0 spiro atoms. The van der Waals surface area contributed by atoms with Gasteiger partial charge in [0.2, 0.25) is 23.2 Å². The zero-order valence-corrected chi connectivity index (χ0v) is 29.8. The quantitative estimate of drug-likeness (QED) is 0.104. The van der Waals surface area contributed by atoms with Crippen molar-refractivity contribution < 1.29 is 93.4 Å². The number of hydrogen-bond donors (Lipinski definition) is 10. The van der Waals surface area contributed by atoms with Gasteiger partial charge in [-0.3, -0.25) is 4.79 Å². The number of benzene rings is 2. The molecule has 3 saturated heterocycles. The summed E-state index contributed by atoms with van der Waals surface area (Å²) in [7, 11) is 2.51. The van der Waals surface area contributed by atoms with Crippen molar-refractivity contribution in [2.24, 2.45) is 0 Å². The third-order valence-corrected chi connectivity index (χ3v) is 9.80. The van der Waals surface area contributed by atoms with Gasteiger partial charge in [0.05, 0.1) is 33.0 Å². The van der Waals surface area contributed by atoms with Crippen molar-refractivity contribution in [3.8, 4) is 40.1 Å². The van der Waals surface area contributed by atoms with Gasteiger partial charge in [0.25, 0.3) is 0 Å². The molecule has 3 aliphatic heterocycles. The van der Waals surface area contributed by atoms with Crippen LogP contribution in [0.15, 0.2) is 39.5 Å². The fourth-order valence-electron chi connectivity index (χ4n) is 6.56. The molecule has 3 aliphatic rings. The normalized spacial score (nSPS) is 36.8. The van der Waals surface area contributed by atoms with Gasteiger partial charge in [-0.25, -0.2) is 0 Å². The molecule has 1 aromatic heterocycles. The van der Waals surface area contributed by atoms with Crippen molar-refractivity contribution in [1.29, 1.82) is 0 Å². The molecule has 3 fully saturated rings. The van der Waals surface area contributed by atoms with Crippen LogP contribution in [0.1, 0.15) is 13.8 Å². The lowest BCUT2D eigenvalue weighted by atomic mass is 9.97. The summed E-state index contributed by atoms with van der Waals surface area (Å²) in [6.07, 6.45) is -24.7. The molecule has 20 nitrogen and oxygen atoms in total. The van der Waals surface area contributed by atoms with E-state index >= 15 is 0 Å². The van der Waals surface area contributed by atoms with E-state index in [-0.39, 0.29) is 34.2 Å². The number of phenolic OH excluding ortho intramolecular Hbond substituents is 2. The Balaban J connectivity index is 1.42. The number of methoxy groups -OCH3 is 2. The monoisotopic (exact) mass is 784 g/mol. The van der Waals surface area contributed by atoms with E-state index in [1.165, 1.54) is 58.4 Å². The van der Waals surface area contributed by atoms with E-state index in [1.807, 2.05) is 0 Å². The molecule has 4 heterocycles. The molecule has 0 radical (unpaired) electrons. The van der Waals surface area contributed by atoms with Crippen molar-refractivity contribution >= 4 is 11.0 Å². The lowest BCUT2D eigenvalue weighted by molar-refractivity contribution is -0.360. The Bertz CT molecular complexity index is 1850. The molecule has 15 atom stereocenters. The third-order valence-electron chi connectivity index (χ3n) is 9.80. The molecular formula is C35H44O20. The van der Waals surface area contributed by atoms with Crippen LogP contribution in [-0.2, 0) is 23.7 Å². The van der Waals surface area contributed by atoms with E-state index in [0.717, 1.165) is 0 Å². The van der Waals surface area contributed by atoms with Gasteiger partial charge in [0.15, 0.2) is 35.9 Å². The van der Waals surface area contributed by atoms with E-state index < -0.39 is 121 Å². The Hall–Kier alpha value is -3.87. The molecule has 304 valence electrons. The predicted molar refractivity (Wildman–Crippen MR) is 181 cm³/mol. The molecule has 2 aromatic carbocycles. The maximum atomic E-state index is 14.4. The summed E-state index contributed by atoms with van der Waals surface area (Å²) in [6, 6.07) is 6.60. The second-order valence-corrected chi connectivity index (χ2v) is 13.4. The van der Waals surface area contributed by atoms with Gasteiger partial charge >= 0.3 is 0 Å². The minimum atomic E-state index is -2.01. The van der Waals surface area contributed by atoms with Gasteiger partial charge in [-0.2, -0.15) is 0 Å². The van der Waals surface area contributed by atoms with E-state index in [2.05, 4.69) is 0 Å². The summed E-state index contributed by atoms with van der Waals surface area (Å²) >= 11 is 0. The van der Waals surface area contributed by atoms with Gasteiger partial charge in [-0.15, -0.1) is 0 Å². The van der Waals surface area contributed by atoms with Crippen LogP contribution in [-0.4, -0.2) is 164 Å². The molecule has 3 aromatic rings. The maximum Gasteiger partial charge on any atom is 0.239 e. The summed E-state index contributed by atoms with van der Waals surface area (Å²) in [5.74, 6) is -2.01. The molecule has 10 N–H and O–H groups in total. The zero-order chi connectivity index (χ0) is 40.0. The number of hydrogen-bond acceptors (Lipinski definition) is 20.